The molecule has 1 fully saturated rings. The number of aromatic nitrogens is 2. The summed E-state index contributed by atoms with van der Waals surface area (Å²) in [6.07, 6.45) is 5.83. The fourth-order valence-corrected chi connectivity index (χ4v) is 5.54. The van der Waals surface area contributed by atoms with Crippen molar-refractivity contribution in [3.8, 4) is 10.4 Å². The highest BCUT2D eigenvalue weighted by Crippen LogP contribution is 2.34. The van der Waals surface area contributed by atoms with Gasteiger partial charge in [-0.05, 0) is 50.7 Å². The predicted octanol–water partition coefficient (Wildman–Crippen LogP) is 4.19. The summed E-state index contributed by atoms with van der Waals surface area (Å²) in [7, 11) is 0. The number of nitrogens with zero attached hydrogens (tertiary/aromatic N) is 2. The maximum Gasteiger partial charge on any atom is 0.263 e. The maximum absolute atomic E-state index is 13.0. The third kappa shape index (κ3) is 3.84. The molecule has 1 aliphatic rings. The first-order valence-electron chi connectivity index (χ1n) is 9.34. The SMILES string of the molecule is Cc1ccc(-c2csc3ncn(CC(=O)NC4CCC(C)CC4)c(=O)c23)s1. The number of carbonyl (C=O) groups excluding carboxylic acids is 1. The number of amides is 1. The summed E-state index contributed by atoms with van der Waals surface area (Å²) in [5, 5.41) is 5.68. The second-order valence-corrected chi connectivity index (χ2v) is 9.59. The molecule has 0 aliphatic heterocycles. The van der Waals surface area contributed by atoms with Crippen molar-refractivity contribution in [2.75, 3.05) is 0 Å². The maximum atomic E-state index is 13.0. The number of nitrogens with one attached hydrogen (secondary N) is 1. The lowest BCUT2D eigenvalue weighted by atomic mass is 9.87. The molecule has 0 aromatic carbocycles. The molecule has 3 aromatic rings. The van der Waals surface area contributed by atoms with E-state index in [9.17, 15) is 9.59 Å². The Hall–Kier alpha value is -1.99. The van der Waals surface area contributed by atoms with Gasteiger partial charge in [0.1, 0.15) is 11.4 Å². The lowest BCUT2D eigenvalue weighted by Crippen LogP contribution is -2.40. The van der Waals surface area contributed by atoms with Crippen LogP contribution in [0.1, 0.15) is 37.5 Å². The van der Waals surface area contributed by atoms with Gasteiger partial charge in [-0.15, -0.1) is 22.7 Å². The van der Waals surface area contributed by atoms with Crippen molar-refractivity contribution >= 4 is 38.8 Å². The Morgan fingerprint density at radius 2 is 2.07 bits per heavy atom. The third-order valence-corrected chi connectivity index (χ3v) is 7.18. The third-order valence-electron chi connectivity index (χ3n) is 5.26. The molecular formula is C20H23N3O2S2. The molecule has 27 heavy (non-hydrogen) atoms. The van der Waals surface area contributed by atoms with Crippen LogP contribution in [-0.4, -0.2) is 21.5 Å². The quantitative estimate of drug-likeness (QED) is 0.713. The first kappa shape index (κ1) is 18.4. The van der Waals surface area contributed by atoms with Crippen LogP contribution in [0.4, 0.5) is 0 Å². The Morgan fingerprint density at radius 3 is 2.78 bits per heavy atom. The van der Waals surface area contributed by atoms with E-state index in [1.54, 1.807) is 11.3 Å². The molecule has 0 bridgehead atoms. The van der Waals surface area contributed by atoms with Crippen LogP contribution in [-0.2, 0) is 11.3 Å². The molecule has 0 radical (unpaired) electrons. The summed E-state index contributed by atoms with van der Waals surface area (Å²) >= 11 is 3.13. The predicted molar refractivity (Wildman–Crippen MR) is 111 cm³/mol. The lowest BCUT2D eigenvalue weighted by molar-refractivity contribution is -0.122. The van der Waals surface area contributed by atoms with E-state index in [1.165, 1.54) is 27.1 Å². The number of aryl methyl sites for hydroxylation is 1. The molecule has 1 N–H and O–H groups in total. The van der Waals surface area contributed by atoms with Gasteiger partial charge in [0.2, 0.25) is 5.91 Å². The van der Waals surface area contributed by atoms with E-state index in [2.05, 4.69) is 30.2 Å². The minimum absolute atomic E-state index is 0.0204. The molecule has 0 unspecified atom stereocenters. The van der Waals surface area contributed by atoms with Gasteiger partial charge in [0.15, 0.2) is 0 Å². The fourth-order valence-electron chi connectivity index (χ4n) is 3.67. The van der Waals surface area contributed by atoms with Crippen molar-refractivity contribution in [1.29, 1.82) is 0 Å². The average Bonchev–Trinajstić information content (AvgIpc) is 3.26. The molecule has 1 saturated carbocycles. The van der Waals surface area contributed by atoms with Crippen LogP contribution < -0.4 is 10.9 Å². The molecule has 5 nitrogen and oxygen atoms in total. The second kappa shape index (κ2) is 7.56. The summed E-state index contributed by atoms with van der Waals surface area (Å²) in [4.78, 5) is 32.9. The molecule has 0 saturated heterocycles. The van der Waals surface area contributed by atoms with Crippen molar-refractivity contribution in [3.05, 3.63) is 39.1 Å². The first-order valence-corrected chi connectivity index (χ1v) is 11.0. The zero-order valence-corrected chi connectivity index (χ0v) is 17.2. The van der Waals surface area contributed by atoms with Crippen molar-refractivity contribution in [2.45, 2.75) is 52.1 Å². The van der Waals surface area contributed by atoms with Crippen molar-refractivity contribution < 1.29 is 4.79 Å². The number of carbonyl (C=O) groups is 1. The summed E-state index contributed by atoms with van der Waals surface area (Å²) in [6, 6.07) is 4.32. The normalized spacial score (nSPS) is 20.1. The van der Waals surface area contributed by atoms with Crippen LogP contribution >= 0.6 is 22.7 Å². The molecule has 1 aliphatic carbocycles. The molecule has 3 aromatic heterocycles. The smallest absolute Gasteiger partial charge is 0.263 e. The summed E-state index contributed by atoms with van der Waals surface area (Å²) < 4.78 is 1.43. The van der Waals surface area contributed by atoms with Crippen molar-refractivity contribution in [2.24, 2.45) is 5.92 Å². The van der Waals surface area contributed by atoms with Gasteiger partial charge < -0.3 is 5.32 Å². The second-order valence-electron chi connectivity index (χ2n) is 7.44. The minimum atomic E-state index is -0.144. The highest BCUT2D eigenvalue weighted by molar-refractivity contribution is 7.19. The topological polar surface area (TPSA) is 64.0 Å². The zero-order valence-electron chi connectivity index (χ0n) is 15.5. The van der Waals surface area contributed by atoms with Gasteiger partial charge in [-0.1, -0.05) is 6.92 Å². The number of hydrogen-bond acceptors (Lipinski definition) is 5. The largest absolute Gasteiger partial charge is 0.352 e. The van der Waals surface area contributed by atoms with Gasteiger partial charge in [-0.25, -0.2) is 4.98 Å². The number of fused-ring (bicyclic) bond motifs is 1. The van der Waals surface area contributed by atoms with E-state index in [4.69, 9.17) is 0 Å². The van der Waals surface area contributed by atoms with E-state index in [0.29, 0.717) is 5.39 Å². The number of rotatable bonds is 4. The standard InChI is InChI=1S/C20H23N3O2S2/c1-12-3-6-14(7-4-12)22-17(24)9-23-11-21-19-18(20(23)25)15(10-26-19)16-8-5-13(2)27-16/h5,8,10-12,14H,3-4,6-7,9H2,1-2H3,(H,22,24). The Bertz CT molecular complexity index is 1030. The molecule has 142 valence electrons. The van der Waals surface area contributed by atoms with Gasteiger partial charge in [0.05, 0.1) is 11.7 Å². The van der Waals surface area contributed by atoms with Crippen LogP contribution in [0.25, 0.3) is 20.7 Å². The lowest BCUT2D eigenvalue weighted by Gasteiger charge is -2.26. The van der Waals surface area contributed by atoms with Crippen LogP contribution in [0, 0.1) is 12.8 Å². The summed E-state index contributed by atoms with van der Waals surface area (Å²) in [5.41, 5.74) is 0.774. The van der Waals surface area contributed by atoms with Crippen LogP contribution in [0.15, 0.2) is 28.6 Å². The van der Waals surface area contributed by atoms with Crippen LogP contribution in [0.3, 0.4) is 0 Å². The van der Waals surface area contributed by atoms with Crippen molar-refractivity contribution in [1.82, 2.24) is 14.9 Å². The highest BCUT2D eigenvalue weighted by Gasteiger charge is 2.21. The highest BCUT2D eigenvalue weighted by atomic mass is 32.1. The minimum Gasteiger partial charge on any atom is -0.352 e. The molecular weight excluding hydrogens is 378 g/mol. The van der Waals surface area contributed by atoms with E-state index < -0.39 is 0 Å². The van der Waals surface area contributed by atoms with Crippen LogP contribution in [0.5, 0.6) is 0 Å². The van der Waals surface area contributed by atoms with E-state index in [0.717, 1.165) is 46.9 Å². The Balaban J connectivity index is 1.56. The Labute approximate surface area is 166 Å². The number of thiophene rings is 2. The van der Waals surface area contributed by atoms with Crippen molar-refractivity contribution in [3.63, 3.8) is 0 Å². The van der Waals surface area contributed by atoms with Gasteiger partial charge >= 0.3 is 0 Å². The number of hydrogen-bond donors (Lipinski definition) is 1. The molecule has 0 spiro atoms. The monoisotopic (exact) mass is 401 g/mol. The van der Waals surface area contributed by atoms with Crippen LogP contribution in [0.2, 0.25) is 0 Å². The molecule has 4 rings (SSSR count). The fraction of sp³-hybridized carbons (Fsp3) is 0.450. The van der Waals surface area contributed by atoms with Gasteiger partial charge in [0, 0.05) is 26.7 Å². The van der Waals surface area contributed by atoms with E-state index >= 15 is 0 Å². The first-order chi connectivity index (χ1) is 13.0. The summed E-state index contributed by atoms with van der Waals surface area (Å²) in [6.45, 7) is 4.33. The molecule has 3 heterocycles. The molecule has 7 heteroatoms. The van der Waals surface area contributed by atoms with E-state index in [-0.39, 0.29) is 24.1 Å². The van der Waals surface area contributed by atoms with Gasteiger partial charge in [-0.2, -0.15) is 0 Å². The Kier molecular flexibility index (Phi) is 5.14. The average molecular weight is 402 g/mol. The van der Waals surface area contributed by atoms with E-state index in [1.807, 2.05) is 11.4 Å². The molecule has 1 amide bonds. The Morgan fingerprint density at radius 1 is 1.30 bits per heavy atom. The summed E-state index contributed by atoms with van der Waals surface area (Å²) in [5.74, 6) is 0.631. The van der Waals surface area contributed by atoms with Gasteiger partial charge in [-0.3, -0.25) is 14.2 Å². The van der Waals surface area contributed by atoms with Gasteiger partial charge in [0.25, 0.3) is 5.56 Å². The zero-order chi connectivity index (χ0) is 19.0. The molecule has 0 atom stereocenters.